The van der Waals surface area contributed by atoms with Crippen LogP contribution in [0.3, 0.4) is 0 Å². The second kappa shape index (κ2) is 4.47. The van der Waals surface area contributed by atoms with Gasteiger partial charge in [0.05, 0.1) is 5.69 Å². The molecule has 84 valence electrons. The van der Waals surface area contributed by atoms with Crippen molar-refractivity contribution in [3.05, 3.63) is 41.8 Å². The minimum Gasteiger partial charge on any atom is -0.272 e. The highest BCUT2D eigenvalue weighted by atomic mass is 19.1. The third-order valence-corrected chi connectivity index (χ3v) is 2.69. The molecule has 0 saturated heterocycles. The van der Waals surface area contributed by atoms with Gasteiger partial charge in [-0.15, -0.1) is 0 Å². The van der Waals surface area contributed by atoms with Crippen LogP contribution in [-0.4, -0.2) is 9.78 Å². The molecule has 1 aromatic heterocycles. The van der Waals surface area contributed by atoms with E-state index in [1.807, 2.05) is 42.9 Å². The summed E-state index contributed by atoms with van der Waals surface area (Å²) in [6.07, 6.45) is 2.62. The molecule has 0 unspecified atom stereocenters. The molecule has 1 heterocycles. The molecule has 2 aromatic rings. The largest absolute Gasteiger partial charge is 0.272 e. The molecule has 0 saturated carbocycles. The lowest BCUT2D eigenvalue weighted by Crippen LogP contribution is -1.94. The van der Waals surface area contributed by atoms with E-state index in [1.54, 1.807) is 6.07 Å². The summed E-state index contributed by atoms with van der Waals surface area (Å²) in [4.78, 5) is 0. The van der Waals surface area contributed by atoms with E-state index in [0.717, 1.165) is 29.8 Å². The second-order valence-corrected chi connectivity index (χ2v) is 3.72. The normalized spacial score (nSPS) is 10.7. The van der Waals surface area contributed by atoms with E-state index in [-0.39, 0.29) is 5.82 Å². The number of aryl methyl sites for hydroxylation is 2. The van der Waals surface area contributed by atoms with Crippen LogP contribution in [0, 0.1) is 5.82 Å². The monoisotopic (exact) mass is 218 g/mol. The van der Waals surface area contributed by atoms with Gasteiger partial charge >= 0.3 is 0 Å². The molecule has 0 aliphatic carbocycles. The Morgan fingerprint density at radius 3 is 2.62 bits per heavy atom. The summed E-state index contributed by atoms with van der Waals surface area (Å²) in [6, 6.07) is 7.21. The molecule has 0 spiro atoms. The zero-order valence-electron chi connectivity index (χ0n) is 9.57. The van der Waals surface area contributed by atoms with Gasteiger partial charge < -0.3 is 0 Å². The number of halogens is 1. The number of aromatic nitrogens is 2. The van der Waals surface area contributed by atoms with Gasteiger partial charge in [-0.2, -0.15) is 5.10 Å². The first-order valence-corrected chi connectivity index (χ1v) is 5.56. The Balaban J connectivity index is 2.37. The van der Waals surface area contributed by atoms with Crippen molar-refractivity contribution in [2.45, 2.75) is 26.8 Å². The van der Waals surface area contributed by atoms with Crippen molar-refractivity contribution in [2.24, 2.45) is 0 Å². The van der Waals surface area contributed by atoms with Crippen LogP contribution in [-0.2, 0) is 13.0 Å². The Hall–Kier alpha value is -1.64. The van der Waals surface area contributed by atoms with Crippen LogP contribution < -0.4 is 0 Å². The molecule has 1 aromatic carbocycles. The standard InChI is InChI=1S/C13H15FN2/c1-3-10-5-6-11(9-12(10)14)13-7-8-16(4-2)15-13/h5-9H,3-4H2,1-2H3. The molecular formula is C13H15FN2. The van der Waals surface area contributed by atoms with E-state index in [1.165, 1.54) is 0 Å². The van der Waals surface area contributed by atoms with E-state index in [0.29, 0.717) is 0 Å². The van der Waals surface area contributed by atoms with Gasteiger partial charge in [-0.05, 0) is 31.0 Å². The van der Waals surface area contributed by atoms with Gasteiger partial charge in [0, 0.05) is 18.3 Å². The maximum Gasteiger partial charge on any atom is 0.127 e. The molecule has 0 atom stereocenters. The molecular weight excluding hydrogens is 203 g/mol. The Bertz CT molecular complexity index is 488. The number of hydrogen-bond acceptors (Lipinski definition) is 1. The Morgan fingerprint density at radius 1 is 1.25 bits per heavy atom. The summed E-state index contributed by atoms with van der Waals surface area (Å²) < 4.78 is 15.4. The first-order valence-electron chi connectivity index (χ1n) is 5.56. The van der Waals surface area contributed by atoms with Crippen LogP contribution in [0.4, 0.5) is 4.39 Å². The van der Waals surface area contributed by atoms with Gasteiger partial charge in [0.2, 0.25) is 0 Å². The van der Waals surface area contributed by atoms with E-state index in [9.17, 15) is 4.39 Å². The molecule has 0 aliphatic heterocycles. The second-order valence-electron chi connectivity index (χ2n) is 3.72. The Morgan fingerprint density at radius 2 is 2.06 bits per heavy atom. The van der Waals surface area contributed by atoms with Crippen LogP contribution in [0.25, 0.3) is 11.3 Å². The quantitative estimate of drug-likeness (QED) is 0.773. The van der Waals surface area contributed by atoms with Crippen molar-refractivity contribution in [2.75, 3.05) is 0 Å². The molecule has 0 bridgehead atoms. The van der Waals surface area contributed by atoms with Gasteiger partial charge in [-0.25, -0.2) is 4.39 Å². The third-order valence-electron chi connectivity index (χ3n) is 2.69. The van der Waals surface area contributed by atoms with E-state index in [2.05, 4.69) is 5.10 Å². The number of benzene rings is 1. The highest BCUT2D eigenvalue weighted by Gasteiger charge is 2.05. The number of nitrogens with zero attached hydrogens (tertiary/aromatic N) is 2. The number of hydrogen-bond donors (Lipinski definition) is 0. The molecule has 2 nitrogen and oxygen atoms in total. The summed E-state index contributed by atoms with van der Waals surface area (Å²) in [5, 5.41) is 4.35. The fourth-order valence-corrected chi connectivity index (χ4v) is 1.69. The van der Waals surface area contributed by atoms with Crippen LogP contribution >= 0.6 is 0 Å². The van der Waals surface area contributed by atoms with E-state index < -0.39 is 0 Å². The zero-order valence-corrected chi connectivity index (χ0v) is 9.57. The lowest BCUT2D eigenvalue weighted by molar-refractivity contribution is 0.612. The minimum atomic E-state index is -0.147. The van der Waals surface area contributed by atoms with Gasteiger partial charge in [-0.3, -0.25) is 4.68 Å². The van der Waals surface area contributed by atoms with Crippen LogP contribution in [0.2, 0.25) is 0 Å². The highest BCUT2D eigenvalue weighted by Crippen LogP contribution is 2.20. The molecule has 0 aliphatic rings. The average molecular weight is 218 g/mol. The van der Waals surface area contributed by atoms with E-state index in [4.69, 9.17) is 0 Å². The summed E-state index contributed by atoms with van der Waals surface area (Å²) in [5.41, 5.74) is 2.41. The number of rotatable bonds is 3. The van der Waals surface area contributed by atoms with Crippen molar-refractivity contribution in [1.82, 2.24) is 9.78 Å². The first kappa shape index (κ1) is 10.9. The average Bonchev–Trinajstić information content (AvgIpc) is 2.77. The predicted octanol–water partition coefficient (Wildman–Crippen LogP) is 3.27. The fraction of sp³-hybridized carbons (Fsp3) is 0.308. The molecule has 0 N–H and O–H groups in total. The SMILES string of the molecule is CCc1ccc(-c2ccn(CC)n2)cc1F. The van der Waals surface area contributed by atoms with Crippen molar-refractivity contribution < 1.29 is 4.39 Å². The molecule has 0 radical (unpaired) electrons. The smallest absolute Gasteiger partial charge is 0.127 e. The molecule has 16 heavy (non-hydrogen) atoms. The minimum absolute atomic E-state index is 0.147. The summed E-state index contributed by atoms with van der Waals surface area (Å²) in [5.74, 6) is -0.147. The summed E-state index contributed by atoms with van der Waals surface area (Å²) in [6.45, 7) is 4.80. The van der Waals surface area contributed by atoms with Crippen molar-refractivity contribution in [3.8, 4) is 11.3 Å². The summed E-state index contributed by atoms with van der Waals surface area (Å²) >= 11 is 0. The van der Waals surface area contributed by atoms with Crippen LogP contribution in [0.5, 0.6) is 0 Å². The molecule has 2 rings (SSSR count). The Kier molecular flexibility index (Phi) is 3.04. The van der Waals surface area contributed by atoms with E-state index >= 15 is 0 Å². The zero-order chi connectivity index (χ0) is 11.5. The lowest BCUT2D eigenvalue weighted by atomic mass is 10.1. The topological polar surface area (TPSA) is 17.8 Å². The summed E-state index contributed by atoms with van der Waals surface area (Å²) in [7, 11) is 0. The maximum atomic E-state index is 13.6. The van der Waals surface area contributed by atoms with Crippen molar-refractivity contribution in [1.29, 1.82) is 0 Å². The highest BCUT2D eigenvalue weighted by molar-refractivity contribution is 5.59. The van der Waals surface area contributed by atoms with Gasteiger partial charge in [0.1, 0.15) is 5.82 Å². The third kappa shape index (κ3) is 1.98. The van der Waals surface area contributed by atoms with Crippen LogP contribution in [0.15, 0.2) is 30.5 Å². The predicted molar refractivity (Wildman–Crippen MR) is 62.7 cm³/mol. The van der Waals surface area contributed by atoms with Gasteiger partial charge in [0.25, 0.3) is 0 Å². The first-order chi connectivity index (χ1) is 7.74. The van der Waals surface area contributed by atoms with Crippen molar-refractivity contribution in [3.63, 3.8) is 0 Å². The molecule has 0 amide bonds. The molecule has 3 heteroatoms. The van der Waals surface area contributed by atoms with Crippen molar-refractivity contribution >= 4 is 0 Å². The van der Waals surface area contributed by atoms with Gasteiger partial charge in [-0.1, -0.05) is 19.1 Å². The lowest BCUT2D eigenvalue weighted by Gasteiger charge is -2.02. The Labute approximate surface area is 94.7 Å². The fourth-order valence-electron chi connectivity index (χ4n) is 1.69. The van der Waals surface area contributed by atoms with Gasteiger partial charge in [0.15, 0.2) is 0 Å². The van der Waals surface area contributed by atoms with Crippen LogP contribution in [0.1, 0.15) is 19.4 Å². The maximum absolute atomic E-state index is 13.6. The molecule has 0 fully saturated rings.